The molecule has 1 aromatic carbocycles. The van der Waals surface area contributed by atoms with Crippen molar-refractivity contribution in [1.82, 2.24) is 15.0 Å². The average molecular weight is 454 g/mol. The minimum Gasteiger partial charge on any atom is -0.610 e. The zero-order valence-electron chi connectivity index (χ0n) is 16.7. The number of carbonyl (C=O) groups is 1. The second-order valence-electron chi connectivity index (χ2n) is 7.53. The summed E-state index contributed by atoms with van der Waals surface area (Å²) in [6, 6.07) is 3.94. The number of nitrogens with zero attached hydrogens (tertiary/aromatic N) is 4. The number of piperidine rings is 1. The molecule has 31 heavy (non-hydrogen) atoms. The largest absolute Gasteiger partial charge is 0.610 e. The quantitative estimate of drug-likeness (QED) is 0.522. The number of anilines is 1. The van der Waals surface area contributed by atoms with Crippen molar-refractivity contribution in [1.29, 1.82) is 0 Å². The van der Waals surface area contributed by atoms with Crippen LogP contribution >= 0.6 is 0 Å². The monoisotopic (exact) mass is 454 g/mol. The third-order valence-electron chi connectivity index (χ3n) is 5.50. The summed E-state index contributed by atoms with van der Waals surface area (Å²) in [5.41, 5.74) is 0.275. The Morgan fingerprint density at radius 3 is 2.61 bits per heavy atom. The minimum absolute atomic E-state index is 0.0731. The maximum absolute atomic E-state index is 15.0. The van der Waals surface area contributed by atoms with Crippen LogP contribution in [0.2, 0.25) is 0 Å². The van der Waals surface area contributed by atoms with Gasteiger partial charge < -0.3 is 9.45 Å². The first kappa shape index (κ1) is 21.8. The number of alkyl halides is 1. The third-order valence-corrected chi connectivity index (χ3v) is 6.31. The van der Waals surface area contributed by atoms with Crippen LogP contribution in [-0.2, 0) is 20.8 Å². The smallest absolute Gasteiger partial charge is 0.252 e. The van der Waals surface area contributed by atoms with Gasteiger partial charge in [-0.15, -0.1) is 0 Å². The maximum Gasteiger partial charge on any atom is 0.252 e. The number of aromatic nitrogens is 2. The van der Waals surface area contributed by atoms with Crippen molar-refractivity contribution in [3.05, 3.63) is 47.8 Å². The summed E-state index contributed by atoms with van der Waals surface area (Å²) in [6.07, 6.45) is 1.84. The fourth-order valence-electron chi connectivity index (χ4n) is 3.97. The van der Waals surface area contributed by atoms with Crippen molar-refractivity contribution in [3.8, 4) is 0 Å². The molecule has 3 heterocycles. The molecule has 1 aromatic heterocycles. The summed E-state index contributed by atoms with van der Waals surface area (Å²) < 4.78 is 53.9. The Morgan fingerprint density at radius 1 is 1.19 bits per heavy atom. The van der Waals surface area contributed by atoms with Gasteiger partial charge in [-0.1, -0.05) is 0 Å². The third kappa shape index (κ3) is 4.63. The molecule has 11 heteroatoms. The van der Waals surface area contributed by atoms with E-state index in [0.29, 0.717) is 23.8 Å². The first-order valence-electron chi connectivity index (χ1n) is 9.80. The fourth-order valence-corrected chi connectivity index (χ4v) is 4.44. The van der Waals surface area contributed by atoms with E-state index in [1.807, 2.05) is 0 Å². The Hall–Kier alpha value is -2.37. The summed E-state index contributed by atoms with van der Waals surface area (Å²) in [7, 11) is 0. The molecule has 0 N–H and O–H groups in total. The summed E-state index contributed by atoms with van der Waals surface area (Å²) in [6.45, 7) is 0.481. The van der Waals surface area contributed by atoms with Gasteiger partial charge in [0.05, 0.1) is 31.2 Å². The van der Waals surface area contributed by atoms with Crippen molar-refractivity contribution in [2.75, 3.05) is 30.9 Å². The highest BCUT2D eigenvalue weighted by atomic mass is 32.2. The van der Waals surface area contributed by atoms with Crippen LogP contribution in [0, 0.1) is 17.6 Å². The molecule has 2 saturated heterocycles. The Morgan fingerprint density at radius 2 is 1.94 bits per heavy atom. The number of hydroxylamine groups is 2. The van der Waals surface area contributed by atoms with Crippen LogP contribution in [0.1, 0.15) is 24.4 Å². The molecular weight excluding hydrogens is 433 g/mol. The number of hydrogen-bond donors (Lipinski definition) is 0. The number of carbonyl (C=O) groups excluding carboxylic acids is 1. The molecular formula is C20H21F3N4O3S. The molecule has 166 valence electrons. The van der Waals surface area contributed by atoms with Crippen molar-refractivity contribution >= 4 is 22.9 Å². The van der Waals surface area contributed by atoms with Gasteiger partial charge in [0.1, 0.15) is 36.2 Å². The molecule has 0 spiro atoms. The van der Waals surface area contributed by atoms with Gasteiger partial charge in [-0.05, 0) is 24.1 Å². The van der Waals surface area contributed by atoms with E-state index < -0.39 is 46.8 Å². The predicted octanol–water partition coefficient (Wildman–Crippen LogP) is 2.56. The van der Waals surface area contributed by atoms with Crippen LogP contribution < -0.4 is 4.90 Å². The Labute approximate surface area is 180 Å². The van der Waals surface area contributed by atoms with Crippen LogP contribution in [0.3, 0.4) is 0 Å². The standard InChI is InChI=1S/C20H21F3N4O3S/c1-31(29)19-9-18(24-11-25-19)26-4-2-15(16(23)10-26)20(28)27-17(3-5-30-27)12-6-13(21)8-14(22)7-12/h6-9,11,15-17H,2-5,10H2,1H3/t15-,16+,17?,31-/m0/s1. The van der Waals surface area contributed by atoms with E-state index in [4.69, 9.17) is 4.84 Å². The first-order chi connectivity index (χ1) is 14.8. The van der Waals surface area contributed by atoms with Crippen molar-refractivity contribution in [2.45, 2.75) is 30.1 Å². The van der Waals surface area contributed by atoms with Gasteiger partial charge in [-0.25, -0.2) is 23.2 Å². The van der Waals surface area contributed by atoms with Crippen LogP contribution in [-0.4, -0.2) is 57.6 Å². The second kappa shape index (κ2) is 9.01. The lowest BCUT2D eigenvalue weighted by Gasteiger charge is -2.36. The molecule has 1 amide bonds. The molecule has 2 aliphatic rings. The van der Waals surface area contributed by atoms with E-state index in [-0.39, 0.29) is 25.1 Å². The number of rotatable bonds is 4. The van der Waals surface area contributed by atoms with Gasteiger partial charge in [0.25, 0.3) is 5.91 Å². The SMILES string of the molecule is C[S@+]([O-])c1cc(N2CC[C@H](C(=O)N3OCCC3c3cc(F)cc(F)c3)[C@H](F)C2)ncn1. The maximum atomic E-state index is 15.0. The lowest BCUT2D eigenvalue weighted by atomic mass is 9.93. The van der Waals surface area contributed by atoms with Crippen LogP contribution in [0.15, 0.2) is 35.6 Å². The molecule has 4 rings (SSSR count). The van der Waals surface area contributed by atoms with E-state index in [1.54, 1.807) is 11.0 Å². The highest BCUT2D eigenvalue weighted by Gasteiger charge is 2.42. The Balaban J connectivity index is 1.47. The molecule has 7 nitrogen and oxygen atoms in total. The van der Waals surface area contributed by atoms with Crippen molar-refractivity contribution < 1.29 is 27.4 Å². The first-order valence-corrected chi connectivity index (χ1v) is 11.4. The topological polar surface area (TPSA) is 81.6 Å². The molecule has 4 atom stereocenters. The van der Waals surface area contributed by atoms with Crippen LogP contribution in [0.4, 0.5) is 19.0 Å². The van der Waals surface area contributed by atoms with Crippen LogP contribution in [0.25, 0.3) is 0 Å². The lowest BCUT2D eigenvalue weighted by Crippen LogP contribution is -2.49. The molecule has 0 radical (unpaired) electrons. The second-order valence-corrected chi connectivity index (χ2v) is 8.86. The van der Waals surface area contributed by atoms with Gasteiger partial charge >= 0.3 is 0 Å². The number of hydrogen-bond acceptors (Lipinski definition) is 6. The molecule has 1 unspecified atom stereocenters. The molecule has 2 fully saturated rings. The summed E-state index contributed by atoms with van der Waals surface area (Å²) in [5.74, 6) is -2.54. The van der Waals surface area contributed by atoms with Crippen molar-refractivity contribution in [3.63, 3.8) is 0 Å². The van der Waals surface area contributed by atoms with E-state index in [2.05, 4.69) is 9.97 Å². The Bertz CT molecular complexity index is 947. The van der Waals surface area contributed by atoms with Gasteiger partial charge in [-0.2, -0.15) is 4.98 Å². The Kier molecular flexibility index (Phi) is 6.35. The summed E-state index contributed by atoms with van der Waals surface area (Å²) in [4.78, 5) is 28.2. The van der Waals surface area contributed by atoms with E-state index in [1.165, 1.54) is 12.6 Å². The van der Waals surface area contributed by atoms with Crippen LogP contribution in [0.5, 0.6) is 0 Å². The van der Waals surface area contributed by atoms with Gasteiger partial charge in [0.15, 0.2) is 0 Å². The number of halogens is 3. The molecule has 2 aliphatic heterocycles. The zero-order valence-corrected chi connectivity index (χ0v) is 17.5. The number of benzene rings is 1. The molecule has 2 aromatic rings. The van der Waals surface area contributed by atoms with E-state index >= 15 is 4.39 Å². The molecule has 0 saturated carbocycles. The van der Waals surface area contributed by atoms with Gasteiger partial charge in [0.2, 0.25) is 5.03 Å². The van der Waals surface area contributed by atoms with Crippen molar-refractivity contribution in [2.24, 2.45) is 5.92 Å². The summed E-state index contributed by atoms with van der Waals surface area (Å²) >= 11 is -1.30. The van der Waals surface area contributed by atoms with Gasteiger partial charge in [-0.3, -0.25) is 9.63 Å². The molecule has 0 aliphatic carbocycles. The normalized spacial score (nSPS) is 25.0. The highest BCUT2D eigenvalue weighted by Crippen LogP contribution is 2.35. The van der Waals surface area contributed by atoms with Gasteiger partial charge in [0, 0.05) is 30.2 Å². The predicted molar refractivity (Wildman–Crippen MR) is 106 cm³/mol. The minimum atomic E-state index is -1.50. The van der Waals surface area contributed by atoms with E-state index in [9.17, 15) is 18.1 Å². The zero-order chi connectivity index (χ0) is 22.1. The average Bonchev–Trinajstić information content (AvgIpc) is 3.22. The number of amides is 1. The highest BCUT2D eigenvalue weighted by molar-refractivity contribution is 7.90. The van der Waals surface area contributed by atoms with E-state index in [0.717, 1.165) is 23.3 Å². The molecule has 0 bridgehead atoms. The summed E-state index contributed by atoms with van der Waals surface area (Å²) in [5, 5.41) is 1.40. The lowest BCUT2D eigenvalue weighted by molar-refractivity contribution is -0.184. The fraction of sp³-hybridized carbons (Fsp3) is 0.450.